The third-order valence-electron chi connectivity index (χ3n) is 10.7. The first kappa shape index (κ1) is 23.9. The van der Waals surface area contributed by atoms with Gasteiger partial charge in [0.1, 0.15) is 17.8 Å². The van der Waals surface area contributed by atoms with E-state index in [-0.39, 0.29) is 17.8 Å². The lowest BCUT2D eigenvalue weighted by Crippen LogP contribution is -2.78. The van der Waals surface area contributed by atoms with Crippen molar-refractivity contribution in [1.29, 1.82) is 0 Å². The molecule has 0 radical (unpaired) electrons. The van der Waals surface area contributed by atoms with Gasteiger partial charge in [0.15, 0.2) is 5.67 Å². The number of hydrogen-bond acceptors (Lipinski definition) is 6. The topological polar surface area (TPSA) is 86.1 Å². The minimum atomic E-state index is -2.46. The number of ether oxygens (including phenoxy) is 1. The summed E-state index contributed by atoms with van der Waals surface area (Å²) in [6, 6.07) is 9.94. The van der Waals surface area contributed by atoms with E-state index in [9.17, 15) is 15.3 Å². The number of nitrogens with zero attached hydrogens (tertiary/aromatic N) is 2. The Morgan fingerprint density at radius 1 is 1.11 bits per heavy atom. The number of aliphatic hydroxyl groups excluding tert-OH is 3. The Balaban J connectivity index is 1.32. The van der Waals surface area contributed by atoms with E-state index in [1.165, 1.54) is 5.57 Å². The molecule has 0 amide bonds. The van der Waals surface area contributed by atoms with Crippen LogP contribution in [0, 0.1) is 11.3 Å². The molecule has 1 saturated carbocycles. The molecule has 2 bridgehead atoms. The number of likely N-dealkylation sites (N-methyl/N-ethyl adjacent to an activating group) is 1. The molecule has 196 valence electrons. The SMILES string of the molecule is CN(C)[C@H]1C[C@@]23CC[C@@]4(O2)C(=CC[C@]2(C)C(c5ccc6ncccc6c5)=CCC24)C(O)C3(F)[C@@H](O)[C@@H]1O. The molecule has 3 aliphatic carbocycles. The average Bonchev–Trinajstić information content (AvgIpc) is 3.42. The lowest BCUT2D eigenvalue weighted by molar-refractivity contribution is -0.308. The van der Waals surface area contributed by atoms with E-state index >= 15 is 4.39 Å². The molecule has 9 atom stereocenters. The zero-order valence-corrected chi connectivity index (χ0v) is 21.6. The monoisotopic (exact) mass is 506 g/mol. The summed E-state index contributed by atoms with van der Waals surface area (Å²) >= 11 is 0. The number of aliphatic hydroxyl groups is 3. The second kappa shape index (κ2) is 7.48. The van der Waals surface area contributed by atoms with Gasteiger partial charge in [0.05, 0.1) is 17.2 Å². The minimum Gasteiger partial charge on any atom is -0.389 e. The second-order valence-electron chi connectivity index (χ2n) is 12.4. The average molecular weight is 507 g/mol. The molecule has 3 unspecified atom stereocenters. The normalized spacial score (nSPS) is 46.3. The smallest absolute Gasteiger partial charge is 0.197 e. The van der Waals surface area contributed by atoms with Gasteiger partial charge in [0, 0.05) is 29.0 Å². The maximum absolute atomic E-state index is 17.0. The molecule has 1 aromatic carbocycles. The Labute approximate surface area is 216 Å². The fraction of sp³-hybridized carbons (Fsp3) is 0.567. The van der Waals surface area contributed by atoms with E-state index in [0.29, 0.717) is 24.8 Å². The molecule has 7 heteroatoms. The summed E-state index contributed by atoms with van der Waals surface area (Å²) in [6.45, 7) is 2.27. The van der Waals surface area contributed by atoms with Crippen molar-refractivity contribution >= 4 is 16.5 Å². The van der Waals surface area contributed by atoms with Crippen LogP contribution in [0.1, 0.15) is 44.6 Å². The third-order valence-corrected chi connectivity index (χ3v) is 10.7. The van der Waals surface area contributed by atoms with Crippen LogP contribution >= 0.6 is 0 Å². The van der Waals surface area contributed by atoms with Crippen molar-refractivity contribution in [2.75, 3.05) is 14.1 Å². The van der Waals surface area contributed by atoms with E-state index in [1.807, 2.05) is 31.1 Å². The van der Waals surface area contributed by atoms with Crippen molar-refractivity contribution in [3.63, 3.8) is 0 Å². The lowest BCUT2D eigenvalue weighted by atomic mass is 9.55. The number of fused-ring (bicyclic) bond motifs is 2. The summed E-state index contributed by atoms with van der Waals surface area (Å²) in [5.74, 6) is 0.0416. The van der Waals surface area contributed by atoms with Crippen LogP contribution in [0.4, 0.5) is 4.39 Å². The third kappa shape index (κ3) is 2.74. The molecule has 2 saturated heterocycles. The molecular formula is C30H35FN2O4. The molecule has 37 heavy (non-hydrogen) atoms. The molecule has 2 aliphatic heterocycles. The van der Waals surface area contributed by atoms with Crippen molar-refractivity contribution in [3.05, 3.63) is 59.8 Å². The van der Waals surface area contributed by atoms with Gasteiger partial charge in [0.25, 0.3) is 0 Å². The number of aromatic nitrogens is 1. The van der Waals surface area contributed by atoms with E-state index in [4.69, 9.17) is 4.74 Å². The van der Waals surface area contributed by atoms with Crippen molar-refractivity contribution in [3.8, 4) is 0 Å². The van der Waals surface area contributed by atoms with Gasteiger partial charge in [-0.3, -0.25) is 4.98 Å². The van der Waals surface area contributed by atoms with Crippen LogP contribution in [0.2, 0.25) is 0 Å². The molecule has 2 aromatic rings. The van der Waals surface area contributed by atoms with Crippen LogP contribution < -0.4 is 0 Å². The summed E-state index contributed by atoms with van der Waals surface area (Å²) in [7, 11) is 3.64. The number of alkyl halides is 1. The predicted molar refractivity (Wildman–Crippen MR) is 138 cm³/mol. The van der Waals surface area contributed by atoms with Gasteiger partial charge in [-0.15, -0.1) is 0 Å². The van der Waals surface area contributed by atoms with Crippen molar-refractivity contribution < 1.29 is 24.4 Å². The molecule has 7 rings (SSSR count). The first-order valence-corrected chi connectivity index (χ1v) is 13.4. The Hall–Kier alpha value is -2.16. The first-order chi connectivity index (χ1) is 17.6. The van der Waals surface area contributed by atoms with Crippen LogP contribution in [-0.4, -0.2) is 80.5 Å². The molecule has 6 nitrogen and oxygen atoms in total. The molecule has 3 N–H and O–H groups in total. The van der Waals surface area contributed by atoms with Crippen LogP contribution in [0.3, 0.4) is 0 Å². The Bertz CT molecular complexity index is 1360. The molecule has 3 heterocycles. The number of allylic oxidation sites excluding steroid dienone is 3. The van der Waals surface area contributed by atoms with Gasteiger partial charge in [-0.2, -0.15) is 0 Å². The van der Waals surface area contributed by atoms with Gasteiger partial charge >= 0.3 is 0 Å². The van der Waals surface area contributed by atoms with Crippen LogP contribution in [0.25, 0.3) is 16.5 Å². The number of hydrogen-bond donors (Lipinski definition) is 3. The lowest BCUT2D eigenvalue weighted by Gasteiger charge is -2.62. The number of halogens is 1. The minimum absolute atomic E-state index is 0.0416. The first-order valence-electron chi connectivity index (χ1n) is 13.4. The number of rotatable bonds is 2. The molecule has 5 aliphatic rings. The summed E-state index contributed by atoms with van der Waals surface area (Å²) in [5, 5.41) is 34.7. The van der Waals surface area contributed by atoms with Crippen LogP contribution in [0.15, 0.2) is 54.3 Å². The molecule has 1 aromatic heterocycles. The van der Waals surface area contributed by atoms with E-state index in [2.05, 4.69) is 42.2 Å². The fourth-order valence-electron chi connectivity index (χ4n) is 8.77. The highest BCUT2D eigenvalue weighted by atomic mass is 19.1. The van der Waals surface area contributed by atoms with Crippen LogP contribution in [-0.2, 0) is 4.74 Å². The largest absolute Gasteiger partial charge is 0.389 e. The zero-order chi connectivity index (χ0) is 26.0. The van der Waals surface area contributed by atoms with E-state index in [1.54, 1.807) is 6.20 Å². The predicted octanol–water partition coefficient (Wildman–Crippen LogP) is 3.40. The second-order valence-corrected chi connectivity index (χ2v) is 12.4. The maximum Gasteiger partial charge on any atom is 0.197 e. The van der Waals surface area contributed by atoms with Gasteiger partial charge < -0.3 is 25.0 Å². The van der Waals surface area contributed by atoms with Crippen molar-refractivity contribution in [2.24, 2.45) is 11.3 Å². The highest BCUT2D eigenvalue weighted by molar-refractivity contribution is 5.85. The standard InChI is InChI=1S/C30H35FN2O4/c1-27-11-10-20-25(35)30(31)26(36)24(34)22(33(2)3)16-28(30)12-13-29(20,37-28)23(27)9-7-19(27)17-6-8-21-18(15-17)5-4-14-32-21/h4-8,10,14-15,22-26,34-36H,9,11-13,16H2,1-3H3/t22-,23?,24+,25?,26-,27+,28+,29+,30?/m0/s1. The molecule has 3 fully saturated rings. The summed E-state index contributed by atoms with van der Waals surface area (Å²) in [5.41, 5.74) is -0.920. The quantitative estimate of drug-likeness (QED) is 0.542. The fourth-order valence-corrected chi connectivity index (χ4v) is 8.77. The van der Waals surface area contributed by atoms with Gasteiger partial charge in [-0.05, 0) is 81.1 Å². The van der Waals surface area contributed by atoms with Gasteiger partial charge in [0.2, 0.25) is 0 Å². The number of pyridine rings is 1. The van der Waals surface area contributed by atoms with Gasteiger partial charge in [-0.1, -0.05) is 31.2 Å². The molecular weight excluding hydrogens is 471 g/mol. The Morgan fingerprint density at radius 3 is 2.70 bits per heavy atom. The molecule has 2 spiro atoms. The van der Waals surface area contributed by atoms with Crippen molar-refractivity contribution in [2.45, 2.75) is 80.3 Å². The number of benzene rings is 1. The van der Waals surface area contributed by atoms with Gasteiger partial charge in [-0.25, -0.2) is 4.39 Å². The van der Waals surface area contributed by atoms with Crippen LogP contribution in [0.5, 0.6) is 0 Å². The summed E-state index contributed by atoms with van der Waals surface area (Å²) < 4.78 is 23.9. The zero-order valence-electron chi connectivity index (χ0n) is 21.6. The summed E-state index contributed by atoms with van der Waals surface area (Å²) in [4.78, 5) is 6.28. The van der Waals surface area contributed by atoms with E-state index < -0.39 is 41.2 Å². The maximum atomic E-state index is 17.0. The van der Waals surface area contributed by atoms with E-state index in [0.717, 1.165) is 22.9 Å². The highest BCUT2D eigenvalue weighted by Crippen LogP contribution is 2.70. The summed E-state index contributed by atoms with van der Waals surface area (Å²) in [6.07, 6.45) is 4.14. The van der Waals surface area contributed by atoms with Crippen molar-refractivity contribution in [1.82, 2.24) is 9.88 Å². The highest BCUT2D eigenvalue weighted by Gasteiger charge is 2.79. The Kier molecular flexibility index (Phi) is 4.84. The Morgan fingerprint density at radius 2 is 1.92 bits per heavy atom.